The lowest BCUT2D eigenvalue weighted by Gasteiger charge is -2.13. The second-order valence-electron chi connectivity index (χ2n) is 11.3. The SMILES string of the molecule is C=C(C)C(=O)Oc1ccc(-c2ccc3c(c2)C(=C)c2cc(-c4ccc(OC(=O)C(=C)C)c(C(=C)C)c4)ccc2-3)cc1C(=C)C. The second-order valence-corrected chi connectivity index (χ2v) is 11.3. The van der Waals surface area contributed by atoms with Gasteiger partial charge in [-0.15, -0.1) is 0 Å². The Morgan fingerprint density at radius 2 is 0.841 bits per heavy atom. The van der Waals surface area contributed by atoms with E-state index in [0.717, 1.165) is 72.4 Å². The highest BCUT2D eigenvalue weighted by molar-refractivity contribution is 6.02. The summed E-state index contributed by atoms with van der Waals surface area (Å²) in [6.07, 6.45) is 0. The van der Waals surface area contributed by atoms with Gasteiger partial charge in [-0.25, -0.2) is 9.59 Å². The average molecular weight is 579 g/mol. The summed E-state index contributed by atoms with van der Waals surface area (Å²) in [7, 11) is 0. The number of esters is 2. The fourth-order valence-electron chi connectivity index (χ4n) is 5.20. The average Bonchev–Trinajstić information content (AvgIpc) is 3.27. The van der Waals surface area contributed by atoms with Crippen molar-refractivity contribution in [2.45, 2.75) is 27.7 Å². The molecule has 0 bridgehead atoms. The summed E-state index contributed by atoms with van der Waals surface area (Å²) in [6, 6.07) is 24.2. The Bertz CT molecular complexity index is 1830. The van der Waals surface area contributed by atoms with Gasteiger partial charge < -0.3 is 9.47 Å². The molecule has 4 aromatic carbocycles. The number of rotatable bonds is 8. The summed E-state index contributed by atoms with van der Waals surface area (Å²) in [5, 5.41) is 0. The van der Waals surface area contributed by atoms with Gasteiger partial charge in [-0.1, -0.05) is 69.3 Å². The van der Waals surface area contributed by atoms with Crippen molar-refractivity contribution in [2.24, 2.45) is 0 Å². The molecule has 1 aliphatic rings. The number of ether oxygens (including phenoxy) is 2. The van der Waals surface area contributed by atoms with Crippen LogP contribution in [0.25, 0.3) is 50.1 Å². The Morgan fingerprint density at radius 1 is 0.500 bits per heavy atom. The molecule has 0 unspecified atom stereocenters. The number of fused-ring (bicyclic) bond motifs is 3. The zero-order valence-electron chi connectivity index (χ0n) is 25.6. The van der Waals surface area contributed by atoms with Crippen LogP contribution < -0.4 is 9.47 Å². The van der Waals surface area contributed by atoms with Gasteiger partial charge in [0.05, 0.1) is 0 Å². The number of hydrogen-bond donors (Lipinski definition) is 0. The molecule has 0 N–H and O–H groups in total. The third kappa shape index (κ3) is 5.62. The van der Waals surface area contributed by atoms with Crippen molar-refractivity contribution in [1.82, 2.24) is 0 Å². The molecule has 0 amide bonds. The van der Waals surface area contributed by atoms with Crippen LogP contribution in [-0.4, -0.2) is 11.9 Å². The highest BCUT2D eigenvalue weighted by atomic mass is 16.5. The molecule has 4 aromatic rings. The normalized spacial score (nSPS) is 11.3. The van der Waals surface area contributed by atoms with Gasteiger partial charge in [-0.05, 0) is 125 Å². The molecule has 0 saturated heterocycles. The van der Waals surface area contributed by atoms with E-state index in [1.165, 1.54) is 0 Å². The van der Waals surface area contributed by atoms with Crippen LogP contribution in [0.4, 0.5) is 0 Å². The first-order valence-electron chi connectivity index (χ1n) is 14.2. The van der Waals surface area contributed by atoms with E-state index in [0.29, 0.717) is 22.6 Å². The molecular weight excluding hydrogens is 544 g/mol. The Morgan fingerprint density at radius 3 is 1.18 bits per heavy atom. The molecular formula is C40H34O4. The standard InChI is InChI=1S/C40H34O4/c1-22(2)33-18-29(12-16-37(33)43-39(41)24(5)6)27-10-14-31-32-15-11-28(21-36(32)26(9)35(31)20-27)30-13-17-38(34(19-30)23(3)4)44-40(42)25(7)8/h10-21H,1,3,5,7,9H2,2,4,6,8H3. The van der Waals surface area contributed by atoms with Crippen LogP contribution in [-0.2, 0) is 9.59 Å². The van der Waals surface area contributed by atoms with Gasteiger partial charge in [0.2, 0.25) is 0 Å². The number of allylic oxidation sites excluding steroid dienone is 2. The van der Waals surface area contributed by atoms with E-state index in [-0.39, 0.29) is 0 Å². The summed E-state index contributed by atoms with van der Waals surface area (Å²) in [4.78, 5) is 24.3. The molecule has 44 heavy (non-hydrogen) atoms. The third-order valence-corrected chi connectivity index (χ3v) is 7.63. The first-order valence-corrected chi connectivity index (χ1v) is 14.2. The van der Waals surface area contributed by atoms with Crippen LogP contribution in [0.1, 0.15) is 49.9 Å². The van der Waals surface area contributed by atoms with Gasteiger partial charge in [0.1, 0.15) is 11.5 Å². The quantitative estimate of drug-likeness (QED) is 0.104. The molecule has 0 aliphatic heterocycles. The van der Waals surface area contributed by atoms with Crippen molar-refractivity contribution in [3.05, 3.63) is 139 Å². The maximum Gasteiger partial charge on any atom is 0.338 e. The number of carbonyl (C=O) groups is 2. The van der Waals surface area contributed by atoms with Crippen molar-refractivity contribution in [3.8, 4) is 44.9 Å². The fraction of sp³-hybridized carbons (Fsp3) is 0.100. The lowest BCUT2D eigenvalue weighted by molar-refractivity contribution is -0.130. The van der Waals surface area contributed by atoms with Gasteiger partial charge in [0.25, 0.3) is 0 Å². The van der Waals surface area contributed by atoms with Crippen molar-refractivity contribution < 1.29 is 19.1 Å². The van der Waals surface area contributed by atoms with Gasteiger partial charge in [0, 0.05) is 22.3 Å². The summed E-state index contributed by atoms with van der Waals surface area (Å²) in [5.41, 5.74) is 13.1. The van der Waals surface area contributed by atoms with Gasteiger partial charge in [-0.3, -0.25) is 0 Å². The highest BCUT2D eigenvalue weighted by Crippen LogP contribution is 2.46. The molecule has 4 nitrogen and oxygen atoms in total. The van der Waals surface area contributed by atoms with Gasteiger partial charge in [0.15, 0.2) is 0 Å². The summed E-state index contributed by atoms with van der Waals surface area (Å²) in [6.45, 7) is 27.0. The van der Waals surface area contributed by atoms with Crippen LogP contribution in [0, 0.1) is 0 Å². The third-order valence-electron chi connectivity index (χ3n) is 7.63. The van der Waals surface area contributed by atoms with Crippen molar-refractivity contribution in [2.75, 3.05) is 0 Å². The van der Waals surface area contributed by atoms with Crippen molar-refractivity contribution in [3.63, 3.8) is 0 Å². The zero-order valence-corrected chi connectivity index (χ0v) is 25.6. The molecule has 5 rings (SSSR count). The summed E-state index contributed by atoms with van der Waals surface area (Å²) < 4.78 is 11.1. The monoisotopic (exact) mass is 578 g/mol. The largest absolute Gasteiger partial charge is 0.423 e. The van der Waals surface area contributed by atoms with Crippen molar-refractivity contribution >= 4 is 28.7 Å². The lowest BCUT2D eigenvalue weighted by Crippen LogP contribution is -2.09. The van der Waals surface area contributed by atoms with Crippen LogP contribution in [0.2, 0.25) is 0 Å². The van der Waals surface area contributed by atoms with E-state index >= 15 is 0 Å². The number of carbonyl (C=O) groups excluding carboxylic acids is 2. The number of benzene rings is 4. The minimum atomic E-state index is -0.468. The second kappa shape index (κ2) is 11.7. The first kappa shape index (κ1) is 30.0. The minimum Gasteiger partial charge on any atom is -0.423 e. The first-order chi connectivity index (χ1) is 20.8. The van der Waals surface area contributed by atoms with Crippen LogP contribution >= 0.6 is 0 Å². The number of hydrogen-bond acceptors (Lipinski definition) is 4. The molecule has 218 valence electrons. The summed E-state index contributed by atoms with van der Waals surface area (Å²) >= 11 is 0. The smallest absolute Gasteiger partial charge is 0.338 e. The molecule has 1 aliphatic carbocycles. The molecule has 0 radical (unpaired) electrons. The Hall–Kier alpha value is -5.48. The maximum atomic E-state index is 12.2. The molecule has 4 heteroatoms. The Labute approximate surface area is 259 Å². The van der Waals surface area contributed by atoms with Crippen LogP contribution in [0.3, 0.4) is 0 Å². The van der Waals surface area contributed by atoms with Crippen molar-refractivity contribution in [1.29, 1.82) is 0 Å². The predicted octanol–water partition coefficient (Wildman–Crippen LogP) is 10.1. The van der Waals surface area contributed by atoms with Gasteiger partial charge in [-0.2, -0.15) is 0 Å². The van der Waals surface area contributed by atoms with E-state index in [4.69, 9.17) is 9.47 Å². The van der Waals surface area contributed by atoms with E-state index < -0.39 is 11.9 Å². The summed E-state index contributed by atoms with van der Waals surface area (Å²) in [5.74, 6) is -0.0263. The topological polar surface area (TPSA) is 52.6 Å². The Balaban J connectivity index is 1.48. The molecule has 0 spiro atoms. The zero-order chi connectivity index (χ0) is 31.9. The Kier molecular flexibility index (Phi) is 7.95. The fourth-order valence-corrected chi connectivity index (χ4v) is 5.20. The predicted molar refractivity (Wildman–Crippen MR) is 181 cm³/mol. The van der Waals surface area contributed by atoms with E-state index in [1.807, 2.05) is 38.1 Å². The highest BCUT2D eigenvalue weighted by Gasteiger charge is 2.24. The van der Waals surface area contributed by atoms with E-state index in [9.17, 15) is 9.59 Å². The van der Waals surface area contributed by atoms with Gasteiger partial charge >= 0.3 is 11.9 Å². The van der Waals surface area contributed by atoms with Crippen LogP contribution in [0.15, 0.2) is 117 Å². The minimum absolute atomic E-state index is 0.332. The van der Waals surface area contributed by atoms with Crippen LogP contribution in [0.5, 0.6) is 11.5 Å². The molecule has 0 heterocycles. The van der Waals surface area contributed by atoms with E-state index in [2.05, 4.69) is 69.3 Å². The molecule has 0 saturated carbocycles. The van der Waals surface area contributed by atoms with E-state index in [1.54, 1.807) is 26.0 Å². The molecule has 0 fully saturated rings. The maximum absolute atomic E-state index is 12.2. The molecule has 0 atom stereocenters. The molecule has 0 aromatic heterocycles. The lowest BCUT2D eigenvalue weighted by atomic mass is 9.95.